The normalized spacial score (nSPS) is 12.2. The van der Waals surface area contributed by atoms with E-state index in [4.69, 9.17) is 16.0 Å². The largest absolute Gasteiger partial charge is 0.451 e. The molecule has 0 unspecified atom stereocenters. The van der Waals surface area contributed by atoms with Crippen LogP contribution in [0.3, 0.4) is 0 Å². The number of hydrogen-bond acceptors (Lipinski definition) is 3. The van der Waals surface area contributed by atoms with Gasteiger partial charge in [-0.1, -0.05) is 60.1 Å². The van der Waals surface area contributed by atoms with Crippen molar-refractivity contribution < 1.29 is 9.21 Å². The molecule has 5 rings (SSSR count). The van der Waals surface area contributed by atoms with Crippen LogP contribution >= 0.6 is 11.6 Å². The molecule has 2 heterocycles. The van der Waals surface area contributed by atoms with Crippen molar-refractivity contribution >= 4 is 39.4 Å². The average Bonchev–Trinajstić information content (AvgIpc) is 3.24. The Morgan fingerprint density at radius 3 is 2.50 bits per heavy atom. The summed E-state index contributed by atoms with van der Waals surface area (Å²) in [5.41, 5.74) is 3.06. The lowest BCUT2D eigenvalue weighted by atomic mass is 9.90. The van der Waals surface area contributed by atoms with Crippen LogP contribution in [0.4, 0.5) is 0 Å². The van der Waals surface area contributed by atoms with Crippen LogP contribution in [0.15, 0.2) is 94.3 Å². The predicted octanol–water partition coefficient (Wildman–Crippen LogP) is 5.49. The fourth-order valence-corrected chi connectivity index (χ4v) is 4.29. The van der Waals surface area contributed by atoms with Crippen molar-refractivity contribution in [1.82, 2.24) is 10.3 Å². The first-order valence-corrected chi connectivity index (χ1v) is 10.6. The van der Waals surface area contributed by atoms with E-state index in [1.54, 1.807) is 24.3 Å². The predicted molar refractivity (Wildman–Crippen MR) is 126 cm³/mol. The van der Waals surface area contributed by atoms with Crippen molar-refractivity contribution in [1.29, 1.82) is 0 Å². The molecule has 0 spiro atoms. The quantitative estimate of drug-likeness (QED) is 0.378. The van der Waals surface area contributed by atoms with E-state index < -0.39 is 5.91 Å². The highest BCUT2D eigenvalue weighted by Gasteiger charge is 2.22. The molecule has 0 radical (unpaired) electrons. The first-order valence-electron chi connectivity index (χ1n) is 10.2. The number of para-hydroxylation sites is 2. The lowest BCUT2D eigenvalue weighted by molar-refractivity contribution is 0.0925. The third-order valence-electron chi connectivity index (χ3n) is 5.60. The van der Waals surface area contributed by atoms with Crippen LogP contribution in [-0.2, 0) is 0 Å². The van der Waals surface area contributed by atoms with Gasteiger partial charge in [0, 0.05) is 40.7 Å². The number of carbonyl (C=O) groups excluding carboxylic acids is 1. The van der Waals surface area contributed by atoms with Crippen molar-refractivity contribution in [2.75, 3.05) is 6.54 Å². The summed E-state index contributed by atoms with van der Waals surface area (Å²) < 4.78 is 5.68. The SMILES string of the molecule is O=C(NC[C@@H](c1ccccc1Cl)c1c[nH]c2ccccc12)c1cc(=O)c2ccccc2o1. The van der Waals surface area contributed by atoms with Crippen molar-refractivity contribution in [2.24, 2.45) is 0 Å². The van der Waals surface area contributed by atoms with Gasteiger partial charge in [0.2, 0.25) is 0 Å². The zero-order valence-corrected chi connectivity index (χ0v) is 17.7. The maximum atomic E-state index is 12.9. The first kappa shape index (κ1) is 20.1. The summed E-state index contributed by atoms with van der Waals surface area (Å²) in [6.45, 7) is 0.279. The second kappa shape index (κ2) is 8.36. The number of H-pyrrole nitrogens is 1. The highest BCUT2D eigenvalue weighted by molar-refractivity contribution is 6.31. The molecule has 0 aliphatic carbocycles. The standard InChI is InChI=1S/C26H19ClN2O3/c27-21-10-4-1-7-16(21)19(20-14-28-22-11-5-2-8-17(20)22)15-29-26(31)25-13-23(30)18-9-3-6-12-24(18)32-25/h1-14,19,28H,15H2,(H,29,31)/t19-/m0/s1. The number of rotatable bonds is 5. The second-order valence-corrected chi connectivity index (χ2v) is 7.95. The highest BCUT2D eigenvalue weighted by Crippen LogP contribution is 2.34. The molecule has 158 valence electrons. The summed E-state index contributed by atoms with van der Waals surface area (Å²) in [5, 5.41) is 5.05. The van der Waals surface area contributed by atoms with Gasteiger partial charge in [-0.15, -0.1) is 0 Å². The summed E-state index contributed by atoms with van der Waals surface area (Å²) >= 11 is 6.52. The number of amides is 1. The van der Waals surface area contributed by atoms with E-state index in [1.807, 2.05) is 54.7 Å². The van der Waals surface area contributed by atoms with E-state index in [0.717, 1.165) is 22.0 Å². The number of carbonyl (C=O) groups is 1. The van der Waals surface area contributed by atoms with E-state index in [9.17, 15) is 9.59 Å². The van der Waals surface area contributed by atoms with Crippen LogP contribution < -0.4 is 10.7 Å². The van der Waals surface area contributed by atoms with Crippen LogP contribution in [-0.4, -0.2) is 17.4 Å². The number of hydrogen-bond donors (Lipinski definition) is 2. The molecule has 0 aliphatic heterocycles. The Labute approximate surface area is 188 Å². The van der Waals surface area contributed by atoms with Gasteiger partial charge in [0.15, 0.2) is 11.2 Å². The van der Waals surface area contributed by atoms with Gasteiger partial charge in [-0.25, -0.2) is 0 Å². The number of aromatic amines is 1. The number of aromatic nitrogens is 1. The Hall–Kier alpha value is -3.83. The van der Waals surface area contributed by atoms with E-state index in [0.29, 0.717) is 16.0 Å². The highest BCUT2D eigenvalue weighted by atomic mass is 35.5. The minimum Gasteiger partial charge on any atom is -0.451 e. The van der Waals surface area contributed by atoms with E-state index in [-0.39, 0.29) is 23.7 Å². The van der Waals surface area contributed by atoms with Crippen LogP contribution in [0.1, 0.15) is 27.6 Å². The van der Waals surface area contributed by atoms with Gasteiger partial charge in [0.25, 0.3) is 5.91 Å². The topological polar surface area (TPSA) is 75.1 Å². The molecule has 1 amide bonds. The molecular formula is C26H19ClN2O3. The molecule has 3 aromatic carbocycles. The molecule has 1 atom stereocenters. The van der Waals surface area contributed by atoms with Crippen molar-refractivity contribution in [2.45, 2.75) is 5.92 Å². The van der Waals surface area contributed by atoms with Gasteiger partial charge >= 0.3 is 0 Å². The van der Waals surface area contributed by atoms with Gasteiger partial charge in [0.05, 0.1) is 5.39 Å². The molecule has 0 bridgehead atoms. The summed E-state index contributed by atoms with van der Waals surface area (Å²) in [5.74, 6) is -0.675. The second-order valence-electron chi connectivity index (χ2n) is 7.54. The number of benzene rings is 3. The first-order chi connectivity index (χ1) is 15.6. The van der Waals surface area contributed by atoms with Crippen molar-refractivity contribution in [3.63, 3.8) is 0 Å². The Morgan fingerprint density at radius 1 is 0.938 bits per heavy atom. The minimum atomic E-state index is -0.454. The zero-order chi connectivity index (χ0) is 22.1. The Kier molecular flexibility index (Phi) is 5.25. The smallest absolute Gasteiger partial charge is 0.287 e. The van der Waals surface area contributed by atoms with Crippen molar-refractivity contribution in [3.8, 4) is 0 Å². The Balaban J connectivity index is 1.49. The number of fused-ring (bicyclic) bond motifs is 2. The Bertz CT molecular complexity index is 1500. The number of halogens is 1. The summed E-state index contributed by atoms with van der Waals surface area (Å²) in [4.78, 5) is 28.6. The third-order valence-corrected chi connectivity index (χ3v) is 5.95. The summed E-state index contributed by atoms with van der Waals surface area (Å²) in [6, 6.07) is 23.7. The molecule has 0 saturated heterocycles. The summed E-state index contributed by atoms with van der Waals surface area (Å²) in [7, 11) is 0. The lowest BCUT2D eigenvalue weighted by Crippen LogP contribution is -2.29. The van der Waals surface area contributed by atoms with Gasteiger partial charge in [-0.3, -0.25) is 9.59 Å². The molecule has 32 heavy (non-hydrogen) atoms. The lowest BCUT2D eigenvalue weighted by Gasteiger charge is -2.19. The molecule has 2 aromatic heterocycles. The van der Waals surface area contributed by atoms with Gasteiger partial charge in [0.1, 0.15) is 5.58 Å². The fraction of sp³-hybridized carbons (Fsp3) is 0.0769. The van der Waals surface area contributed by atoms with E-state index >= 15 is 0 Å². The van der Waals surface area contributed by atoms with Gasteiger partial charge in [-0.05, 0) is 35.4 Å². The molecule has 2 N–H and O–H groups in total. The van der Waals surface area contributed by atoms with E-state index in [1.165, 1.54) is 6.07 Å². The molecule has 5 nitrogen and oxygen atoms in total. The van der Waals surface area contributed by atoms with Crippen LogP contribution in [0.2, 0.25) is 5.02 Å². The molecule has 0 saturated carbocycles. The Morgan fingerprint density at radius 2 is 1.66 bits per heavy atom. The number of nitrogens with one attached hydrogen (secondary N) is 2. The zero-order valence-electron chi connectivity index (χ0n) is 17.0. The van der Waals surface area contributed by atoms with Crippen LogP contribution in [0.25, 0.3) is 21.9 Å². The maximum absolute atomic E-state index is 12.9. The monoisotopic (exact) mass is 442 g/mol. The molecule has 0 fully saturated rings. The van der Waals surface area contributed by atoms with Crippen molar-refractivity contribution in [3.05, 3.63) is 117 Å². The van der Waals surface area contributed by atoms with Crippen LogP contribution in [0, 0.1) is 0 Å². The average molecular weight is 443 g/mol. The van der Waals surface area contributed by atoms with Gasteiger partial charge in [-0.2, -0.15) is 0 Å². The maximum Gasteiger partial charge on any atom is 0.287 e. The van der Waals surface area contributed by atoms with E-state index in [2.05, 4.69) is 10.3 Å². The third kappa shape index (κ3) is 3.67. The molecule has 6 heteroatoms. The molecule has 0 aliphatic rings. The molecule has 5 aromatic rings. The van der Waals surface area contributed by atoms with Crippen LogP contribution in [0.5, 0.6) is 0 Å². The minimum absolute atomic E-state index is 0.0227. The fourth-order valence-electron chi connectivity index (χ4n) is 4.03. The van der Waals surface area contributed by atoms with Gasteiger partial charge < -0.3 is 14.7 Å². The molecular weight excluding hydrogens is 424 g/mol. The summed E-state index contributed by atoms with van der Waals surface area (Å²) in [6.07, 6.45) is 1.95.